The first-order chi connectivity index (χ1) is 15.4. The van der Waals surface area contributed by atoms with E-state index in [-0.39, 0.29) is 17.2 Å². The van der Waals surface area contributed by atoms with Crippen LogP contribution in [0.5, 0.6) is 0 Å². The number of carbonyl (C=O) groups excluding carboxylic acids is 2. The molecule has 3 aromatic rings. The highest BCUT2D eigenvalue weighted by Crippen LogP contribution is 2.34. The summed E-state index contributed by atoms with van der Waals surface area (Å²) in [6, 6.07) is 8.12. The van der Waals surface area contributed by atoms with E-state index in [9.17, 15) is 9.59 Å². The van der Waals surface area contributed by atoms with Gasteiger partial charge in [0.05, 0.1) is 21.0 Å². The Morgan fingerprint density at radius 1 is 1.28 bits per heavy atom. The average molecular weight is 471 g/mol. The number of benzene rings is 1. The molecule has 1 atom stereocenters. The SMILES string of the molecule is CCc1onc(C)c1C(=O)NCC1SCCN1C(=O)c1nc(C)sc1-c1cccc(C)c1. The van der Waals surface area contributed by atoms with E-state index in [1.165, 1.54) is 11.3 Å². The molecule has 2 aromatic heterocycles. The highest BCUT2D eigenvalue weighted by molar-refractivity contribution is 8.00. The highest BCUT2D eigenvalue weighted by Gasteiger charge is 2.33. The number of carbonyl (C=O) groups is 2. The minimum Gasteiger partial charge on any atom is -0.360 e. The molecule has 1 N–H and O–H groups in total. The number of aryl methyl sites for hydroxylation is 4. The van der Waals surface area contributed by atoms with E-state index in [0.717, 1.165) is 26.8 Å². The molecular formula is C23H26N4O3S2. The number of hydrogen-bond donors (Lipinski definition) is 1. The topological polar surface area (TPSA) is 88.3 Å². The summed E-state index contributed by atoms with van der Waals surface area (Å²) in [6.07, 6.45) is 0.595. The molecule has 1 aliphatic rings. The number of hydrogen-bond acceptors (Lipinski definition) is 7. The predicted molar refractivity (Wildman–Crippen MR) is 127 cm³/mol. The van der Waals surface area contributed by atoms with Crippen LogP contribution in [0.15, 0.2) is 28.8 Å². The summed E-state index contributed by atoms with van der Waals surface area (Å²) in [5.74, 6) is 1.09. The molecule has 0 radical (unpaired) electrons. The fraction of sp³-hybridized carbons (Fsp3) is 0.391. The predicted octanol–water partition coefficient (Wildman–Crippen LogP) is 4.23. The van der Waals surface area contributed by atoms with Gasteiger partial charge in [0.15, 0.2) is 0 Å². The first-order valence-corrected chi connectivity index (χ1v) is 12.5. The first-order valence-electron chi connectivity index (χ1n) is 10.6. The molecule has 3 heterocycles. The zero-order valence-corrected chi connectivity index (χ0v) is 20.2. The van der Waals surface area contributed by atoms with Crippen molar-refractivity contribution in [3.8, 4) is 10.4 Å². The highest BCUT2D eigenvalue weighted by atomic mass is 32.2. The van der Waals surface area contributed by atoms with Crippen molar-refractivity contribution in [3.05, 3.63) is 57.5 Å². The van der Waals surface area contributed by atoms with E-state index in [1.54, 1.807) is 18.7 Å². The summed E-state index contributed by atoms with van der Waals surface area (Å²) in [5.41, 5.74) is 3.70. The average Bonchev–Trinajstić information content (AvgIpc) is 3.49. The van der Waals surface area contributed by atoms with E-state index in [0.29, 0.717) is 42.2 Å². The molecule has 0 saturated carbocycles. The number of thiazole rings is 1. The van der Waals surface area contributed by atoms with E-state index in [4.69, 9.17) is 4.52 Å². The molecule has 7 nitrogen and oxygen atoms in total. The van der Waals surface area contributed by atoms with Gasteiger partial charge in [-0.2, -0.15) is 0 Å². The molecule has 1 unspecified atom stereocenters. The lowest BCUT2D eigenvalue weighted by atomic mass is 10.1. The van der Waals surface area contributed by atoms with Crippen LogP contribution in [-0.4, -0.2) is 51.1 Å². The van der Waals surface area contributed by atoms with E-state index >= 15 is 0 Å². The van der Waals surface area contributed by atoms with Gasteiger partial charge in [-0.05, 0) is 26.3 Å². The lowest BCUT2D eigenvalue weighted by Gasteiger charge is -2.23. The molecule has 4 rings (SSSR count). The van der Waals surface area contributed by atoms with Crippen molar-refractivity contribution in [1.29, 1.82) is 0 Å². The van der Waals surface area contributed by atoms with Crippen molar-refractivity contribution in [3.63, 3.8) is 0 Å². The van der Waals surface area contributed by atoms with Crippen LogP contribution in [0.3, 0.4) is 0 Å². The third kappa shape index (κ3) is 4.45. The molecule has 32 heavy (non-hydrogen) atoms. The number of nitrogens with one attached hydrogen (secondary N) is 1. The fourth-order valence-corrected chi connectivity index (χ4v) is 5.89. The Hall–Kier alpha value is -2.65. The maximum absolute atomic E-state index is 13.5. The minimum absolute atomic E-state index is 0.0921. The molecule has 1 aliphatic heterocycles. The lowest BCUT2D eigenvalue weighted by Crippen LogP contribution is -2.42. The summed E-state index contributed by atoms with van der Waals surface area (Å²) in [7, 11) is 0. The van der Waals surface area contributed by atoms with E-state index < -0.39 is 0 Å². The quantitative estimate of drug-likeness (QED) is 0.580. The molecule has 0 spiro atoms. The smallest absolute Gasteiger partial charge is 0.274 e. The number of rotatable bonds is 6. The van der Waals surface area contributed by atoms with Gasteiger partial charge < -0.3 is 14.7 Å². The fourth-order valence-electron chi connectivity index (χ4n) is 3.83. The normalized spacial score (nSPS) is 15.9. The monoisotopic (exact) mass is 470 g/mol. The molecule has 0 aliphatic carbocycles. The van der Waals surface area contributed by atoms with Gasteiger partial charge in [0.1, 0.15) is 17.0 Å². The van der Waals surface area contributed by atoms with Crippen LogP contribution in [0.1, 0.15) is 49.8 Å². The lowest BCUT2D eigenvalue weighted by molar-refractivity contribution is 0.0746. The van der Waals surface area contributed by atoms with Gasteiger partial charge in [-0.3, -0.25) is 9.59 Å². The van der Waals surface area contributed by atoms with Gasteiger partial charge in [-0.15, -0.1) is 23.1 Å². The molecule has 2 amide bonds. The Balaban J connectivity index is 1.51. The zero-order chi connectivity index (χ0) is 22.8. The van der Waals surface area contributed by atoms with Crippen LogP contribution in [0.4, 0.5) is 0 Å². The molecule has 1 aromatic carbocycles. The van der Waals surface area contributed by atoms with E-state index in [2.05, 4.69) is 21.5 Å². The standard InChI is InChI=1S/C23H26N4O3S2/c1-5-17-19(14(3)26-30-17)22(28)24-12-18-27(9-10-31-18)23(29)20-21(32-15(4)25-20)16-8-6-7-13(2)11-16/h6-8,11,18H,5,9-10,12H2,1-4H3,(H,24,28). The Kier molecular flexibility index (Phi) is 6.66. The molecule has 1 fully saturated rings. The number of thioether (sulfide) groups is 1. The molecule has 9 heteroatoms. The van der Waals surface area contributed by atoms with Gasteiger partial charge in [0.25, 0.3) is 11.8 Å². The first kappa shape index (κ1) is 22.5. The second-order valence-corrected chi connectivity index (χ2v) is 10.2. The molecule has 168 valence electrons. The summed E-state index contributed by atoms with van der Waals surface area (Å²) >= 11 is 3.20. The molecule has 0 bridgehead atoms. The van der Waals surface area contributed by atoms with Gasteiger partial charge in [-0.1, -0.05) is 41.9 Å². The van der Waals surface area contributed by atoms with Crippen molar-refractivity contribution in [2.75, 3.05) is 18.8 Å². The summed E-state index contributed by atoms with van der Waals surface area (Å²) < 4.78 is 5.23. The van der Waals surface area contributed by atoms with Gasteiger partial charge in [0, 0.05) is 25.3 Å². The van der Waals surface area contributed by atoms with Crippen LogP contribution >= 0.6 is 23.1 Å². The summed E-state index contributed by atoms with van der Waals surface area (Å²) in [5, 5.41) is 7.58. The second-order valence-electron chi connectivity index (χ2n) is 7.73. The van der Waals surface area contributed by atoms with Gasteiger partial charge in [-0.25, -0.2) is 4.98 Å². The number of aromatic nitrogens is 2. The number of amides is 2. The number of nitrogens with zero attached hydrogens (tertiary/aromatic N) is 3. The third-order valence-electron chi connectivity index (χ3n) is 5.39. The largest absolute Gasteiger partial charge is 0.360 e. The second kappa shape index (κ2) is 9.46. The van der Waals surface area contributed by atoms with Crippen LogP contribution in [0.2, 0.25) is 0 Å². The Labute approximate surface area is 195 Å². The van der Waals surface area contributed by atoms with Crippen molar-refractivity contribution in [2.24, 2.45) is 0 Å². The van der Waals surface area contributed by atoms with Crippen LogP contribution in [0, 0.1) is 20.8 Å². The van der Waals surface area contributed by atoms with Crippen molar-refractivity contribution >= 4 is 34.9 Å². The van der Waals surface area contributed by atoms with Crippen molar-refractivity contribution in [2.45, 2.75) is 39.5 Å². The van der Waals surface area contributed by atoms with Crippen LogP contribution in [-0.2, 0) is 6.42 Å². The Morgan fingerprint density at radius 3 is 2.84 bits per heavy atom. The van der Waals surface area contributed by atoms with Gasteiger partial charge in [0.2, 0.25) is 0 Å². The molecular weight excluding hydrogens is 444 g/mol. The van der Waals surface area contributed by atoms with Crippen LogP contribution in [0.25, 0.3) is 10.4 Å². The molecule has 1 saturated heterocycles. The maximum atomic E-state index is 13.5. The third-order valence-corrected chi connectivity index (χ3v) is 7.63. The van der Waals surface area contributed by atoms with Crippen LogP contribution < -0.4 is 5.32 Å². The van der Waals surface area contributed by atoms with Gasteiger partial charge >= 0.3 is 0 Å². The summed E-state index contributed by atoms with van der Waals surface area (Å²) in [4.78, 5) is 33.5. The Bertz CT molecular complexity index is 1150. The summed E-state index contributed by atoms with van der Waals surface area (Å²) in [6.45, 7) is 8.62. The van der Waals surface area contributed by atoms with Crippen molar-refractivity contribution < 1.29 is 14.1 Å². The van der Waals surface area contributed by atoms with E-state index in [1.807, 2.05) is 43.9 Å². The Morgan fingerprint density at radius 2 is 2.09 bits per heavy atom. The zero-order valence-electron chi connectivity index (χ0n) is 18.6. The van der Waals surface area contributed by atoms with Crippen molar-refractivity contribution in [1.82, 2.24) is 20.4 Å². The minimum atomic E-state index is -0.217. The maximum Gasteiger partial charge on any atom is 0.274 e.